The first-order chi connectivity index (χ1) is 9.86. The average Bonchev–Trinajstić information content (AvgIpc) is 2.62. The van der Waals surface area contributed by atoms with Crippen LogP contribution < -0.4 is 5.32 Å². The zero-order chi connectivity index (χ0) is 15.3. The van der Waals surface area contributed by atoms with Crippen molar-refractivity contribution < 1.29 is 18.3 Å². The predicted octanol–water partition coefficient (Wildman–Crippen LogP) is 2.69. The van der Waals surface area contributed by atoms with Crippen molar-refractivity contribution in [2.45, 2.75) is 69.2 Å². The van der Waals surface area contributed by atoms with Crippen LogP contribution in [0.15, 0.2) is 0 Å². The molecule has 1 saturated carbocycles. The highest BCUT2D eigenvalue weighted by Gasteiger charge is 2.33. The van der Waals surface area contributed by atoms with Crippen LogP contribution >= 0.6 is 0 Å². The number of alkyl halides is 3. The minimum absolute atomic E-state index is 0.238. The molecule has 0 amide bonds. The van der Waals surface area contributed by atoms with E-state index in [0.29, 0.717) is 19.6 Å². The molecule has 3 nitrogen and oxygen atoms in total. The molecule has 0 unspecified atom stereocenters. The van der Waals surface area contributed by atoms with Crippen LogP contribution in [0, 0.1) is 0 Å². The Kier molecular flexibility index (Phi) is 5.91. The van der Waals surface area contributed by atoms with Gasteiger partial charge in [0.1, 0.15) is 0 Å². The molecule has 0 bridgehead atoms. The topological polar surface area (TPSA) is 35.5 Å². The van der Waals surface area contributed by atoms with Crippen molar-refractivity contribution in [2.24, 2.45) is 0 Å². The van der Waals surface area contributed by atoms with E-state index in [1.807, 2.05) is 0 Å². The second kappa shape index (κ2) is 7.29. The highest BCUT2D eigenvalue weighted by atomic mass is 19.4. The third-order valence-electron chi connectivity index (χ3n) is 4.74. The van der Waals surface area contributed by atoms with Gasteiger partial charge in [0, 0.05) is 12.6 Å². The molecule has 2 aliphatic rings. The van der Waals surface area contributed by atoms with Crippen LogP contribution in [0.2, 0.25) is 0 Å². The van der Waals surface area contributed by atoms with Gasteiger partial charge in [-0.25, -0.2) is 0 Å². The SMILES string of the molecule is OC1(CNC2CCN(CC(F)(F)F)CC2)CCCCCC1. The molecule has 0 atom stereocenters. The van der Waals surface area contributed by atoms with Crippen molar-refractivity contribution in [1.29, 1.82) is 0 Å². The lowest BCUT2D eigenvalue weighted by Gasteiger charge is -2.35. The molecular formula is C15H27F3N2O. The standard InChI is InChI=1S/C15H27F3N2O/c16-15(17,18)12-20-9-5-13(6-10-20)19-11-14(21)7-3-1-2-4-8-14/h13,19,21H,1-12H2. The highest BCUT2D eigenvalue weighted by molar-refractivity contribution is 4.86. The van der Waals surface area contributed by atoms with Crippen LogP contribution in [0.25, 0.3) is 0 Å². The quantitative estimate of drug-likeness (QED) is 0.784. The van der Waals surface area contributed by atoms with Gasteiger partial charge in [-0.2, -0.15) is 13.2 Å². The molecular weight excluding hydrogens is 281 g/mol. The molecule has 0 radical (unpaired) electrons. The zero-order valence-corrected chi connectivity index (χ0v) is 12.6. The maximum Gasteiger partial charge on any atom is 0.401 e. The van der Waals surface area contributed by atoms with Gasteiger partial charge >= 0.3 is 6.18 Å². The monoisotopic (exact) mass is 308 g/mol. The Hall–Kier alpha value is -0.330. The smallest absolute Gasteiger partial charge is 0.389 e. The van der Waals surface area contributed by atoms with Crippen LogP contribution in [0.5, 0.6) is 0 Å². The first-order valence-corrected chi connectivity index (χ1v) is 8.11. The van der Waals surface area contributed by atoms with Gasteiger partial charge in [-0.15, -0.1) is 0 Å². The van der Waals surface area contributed by atoms with E-state index in [2.05, 4.69) is 5.32 Å². The summed E-state index contributed by atoms with van der Waals surface area (Å²) in [4.78, 5) is 1.47. The number of hydrogen-bond donors (Lipinski definition) is 2. The second-order valence-electron chi connectivity index (χ2n) is 6.69. The molecule has 21 heavy (non-hydrogen) atoms. The number of hydrogen-bond acceptors (Lipinski definition) is 3. The van der Waals surface area contributed by atoms with Crippen molar-refractivity contribution in [3.63, 3.8) is 0 Å². The lowest BCUT2D eigenvalue weighted by molar-refractivity contribution is -0.148. The highest BCUT2D eigenvalue weighted by Crippen LogP contribution is 2.27. The van der Waals surface area contributed by atoms with Gasteiger partial charge < -0.3 is 10.4 Å². The molecule has 124 valence electrons. The third kappa shape index (κ3) is 6.12. The Bertz CT molecular complexity index is 307. The summed E-state index contributed by atoms with van der Waals surface area (Å²) in [7, 11) is 0. The summed E-state index contributed by atoms with van der Waals surface area (Å²) in [6.07, 6.45) is 3.56. The van der Waals surface area contributed by atoms with Crippen molar-refractivity contribution in [1.82, 2.24) is 10.2 Å². The van der Waals surface area contributed by atoms with E-state index in [0.717, 1.165) is 38.5 Å². The molecule has 1 aliphatic heterocycles. The van der Waals surface area contributed by atoms with E-state index in [1.54, 1.807) is 0 Å². The lowest BCUT2D eigenvalue weighted by Crippen LogP contribution is -2.49. The summed E-state index contributed by atoms with van der Waals surface area (Å²) < 4.78 is 37.0. The van der Waals surface area contributed by atoms with E-state index in [1.165, 1.54) is 17.7 Å². The largest absolute Gasteiger partial charge is 0.401 e. The number of nitrogens with one attached hydrogen (secondary N) is 1. The number of nitrogens with zero attached hydrogens (tertiary/aromatic N) is 1. The second-order valence-corrected chi connectivity index (χ2v) is 6.69. The van der Waals surface area contributed by atoms with Crippen LogP contribution in [-0.4, -0.2) is 54.0 Å². The minimum atomic E-state index is -4.10. The van der Waals surface area contributed by atoms with Crippen LogP contribution in [-0.2, 0) is 0 Å². The molecule has 0 aromatic carbocycles. The summed E-state index contributed by atoms with van der Waals surface area (Å²) in [5, 5.41) is 14.0. The molecule has 1 aliphatic carbocycles. The van der Waals surface area contributed by atoms with Gasteiger partial charge in [0.25, 0.3) is 0 Å². The Labute approximate surface area is 124 Å². The van der Waals surface area contributed by atoms with Crippen molar-refractivity contribution in [3.8, 4) is 0 Å². The molecule has 0 aromatic rings. The van der Waals surface area contributed by atoms with Crippen LogP contribution in [0.3, 0.4) is 0 Å². The normalized spacial score (nSPS) is 25.7. The van der Waals surface area contributed by atoms with Crippen LogP contribution in [0.1, 0.15) is 51.4 Å². The Morgan fingerprint density at radius 1 is 1.05 bits per heavy atom. The summed E-state index contributed by atoms with van der Waals surface area (Å²) in [5.74, 6) is 0. The van der Waals surface area contributed by atoms with Gasteiger partial charge in [0.05, 0.1) is 12.1 Å². The number of likely N-dealkylation sites (tertiary alicyclic amines) is 1. The Morgan fingerprint density at radius 2 is 1.62 bits per heavy atom. The Balaban J connectivity index is 1.68. The molecule has 1 saturated heterocycles. The number of aliphatic hydroxyl groups is 1. The molecule has 2 N–H and O–H groups in total. The fourth-order valence-electron chi connectivity index (χ4n) is 3.45. The van der Waals surface area contributed by atoms with E-state index < -0.39 is 18.3 Å². The van der Waals surface area contributed by atoms with Gasteiger partial charge in [-0.05, 0) is 38.8 Å². The molecule has 2 fully saturated rings. The van der Waals surface area contributed by atoms with Gasteiger partial charge in [0.2, 0.25) is 0 Å². The van der Waals surface area contributed by atoms with Crippen molar-refractivity contribution in [3.05, 3.63) is 0 Å². The van der Waals surface area contributed by atoms with Gasteiger partial charge in [-0.3, -0.25) is 4.90 Å². The number of rotatable bonds is 4. The maximum atomic E-state index is 12.3. The lowest BCUT2D eigenvalue weighted by atomic mass is 9.93. The van der Waals surface area contributed by atoms with E-state index in [4.69, 9.17) is 0 Å². The predicted molar refractivity (Wildman–Crippen MR) is 76.2 cm³/mol. The van der Waals surface area contributed by atoms with E-state index in [9.17, 15) is 18.3 Å². The summed E-state index contributed by atoms with van der Waals surface area (Å²) in [6.45, 7) is 0.742. The first kappa shape index (κ1) is 17.0. The minimum Gasteiger partial charge on any atom is -0.389 e. The fraction of sp³-hybridized carbons (Fsp3) is 1.00. The number of piperidine rings is 1. The zero-order valence-electron chi connectivity index (χ0n) is 12.6. The first-order valence-electron chi connectivity index (χ1n) is 8.11. The van der Waals surface area contributed by atoms with Crippen molar-refractivity contribution in [2.75, 3.05) is 26.2 Å². The third-order valence-corrected chi connectivity index (χ3v) is 4.74. The molecule has 6 heteroatoms. The summed E-state index contributed by atoms with van der Waals surface area (Å²) in [5.41, 5.74) is -0.612. The number of halogens is 3. The fourth-order valence-corrected chi connectivity index (χ4v) is 3.45. The summed E-state index contributed by atoms with van der Waals surface area (Å²) >= 11 is 0. The van der Waals surface area contributed by atoms with Gasteiger partial charge in [0.15, 0.2) is 0 Å². The summed E-state index contributed by atoms with van der Waals surface area (Å²) in [6, 6.07) is 0.238. The molecule has 2 rings (SSSR count). The van der Waals surface area contributed by atoms with Crippen LogP contribution in [0.4, 0.5) is 13.2 Å². The van der Waals surface area contributed by atoms with E-state index in [-0.39, 0.29) is 6.04 Å². The van der Waals surface area contributed by atoms with Gasteiger partial charge in [-0.1, -0.05) is 25.7 Å². The maximum absolute atomic E-state index is 12.3. The van der Waals surface area contributed by atoms with Crippen molar-refractivity contribution >= 4 is 0 Å². The Morgan fingerprint density at radius 3 is 2.14 bits per heavy atom. The van der Waals surface area contributed by atoms with E-state index >= 15 is 0 Å². The average molecular weight is 308 g/mol. The molecule has 0 aromatic heterocycles. The molecule has 1 heterocycles. The molecule has 0 spiro atoms.